The van der Waals surface area contributed by atoms with E-state index in [0.717, 1.165) is 42.8 Å². The maximum Gasteiger partial charge on any atom is 0.226 e. The summed E-state index contributed by atoms with van der Waals surface area (Å²) in [4.78, 5) is 8.94. The van der Waals surface area contributed by atoms with Gasteiger partial charge in [-0.05, 0) is 26.7 Å². The van der Waals surface area contributed by atoms with Crippen LogP contribution >= 0.6 is 0 Å². The number of nitrogens with one attached hydrogen (secondary N) is 3. The van der Waals surface area contributed by atoms with E-state index in [1.165, 1.54) is 0 Å². The molecule has 2 unspecified atom stereocenters. The number of hydrogen-bond acceptors (Lipinski definition) is 6. The van der Waals surface area contributed by atoms with Gasteiger partial charge in [0.1, 0.15) is 5.82 Å². The fourth-order valence-electron chi connectivity index (χ4n) is 2.50. The van der Waals surface area contributed by atoms with Gasteiger partial charge in [0.05, 0.1) is 17.7 Å². The van der Waals surface area contributed by atoms with Crippen molar-refractivity contribution in [2.24, 2.45) is 0 Å². The molecule has 0 spiro atoms. The Morgan fingerprint density at radius 3 is 3.15 bits per heavy atom. The van der Waals surface area contributed by atoms with E-state index >= 15 is 0 Å². The van der Waals surface area contributed by atoms with Crippen LogP contribution in [0.2, 0.25) is 0 Å². The first-order valence-corrected chi connectivity index (χ1v) is 7.09. The predicted molar refractivity (Wildman–Crippen MR) is 77.9 cm³/mol. The fourth-order valence-corrected chi connectivity index (χ4v) is 2.50. The Bertz CT molecular complexity index is 583. The number of nitrogens with zero attached hydrogens (tertiary/aromatic N) is 3. The summed E-state index contributed by atoms with van der Waals surface area (Å²) in [6.07, 6.45) is 4.02. The van der Waals surface area contributed by atoms with Gasteiger partial charge in [-0.3, -0.25) is 5.10 Å². The summed E-state index contributed by atoms with van der Waals surface area (Å²) >= 11 is 0. The number of H-pyrrole nitrogens is 1. The number of aromatic nitrogens is 4. The molecule has 2 atom stereocenters. The quantitative estimate of drug-likeness (QED) is 0.788. The minimum absolute atomic E-state index is 0.288. The highest BCUT2D eigenvalue weighted by molar-refractivity contribution is 5.87. The van der Waals surface area contributed by atoms with Crippen LogP contribution in [-0.4, -0.2) is 45.5 Å². The smallest absolute Gasteiger partial charge is 0.226 e. The molecule has 108 valence electrons. The standard InChI is InChI=1S/C13H20N6O/c1-3-14-13-17-11(10-7-15-19-12(10)18-13)16-9-4-5-20-8(2)6-9/h7-9H,3-6H2,1-2H3,(H3,14,15,16,17,18,19). The molecule has 2 aromatic rings. The lowest BCUT2D eigenvalue weighted by atomic mass is 10.0. The molecule has 7 heteroatoms. The molecule has 0 aromatic carbocycles. The third kappa shape index (κ3) is 2.67. The van der Waals surface area contributed by atoms with Crippen LogP contribution < -0.4 is 10.6 Å². The highest BCUT2D eigenvalue weighted by Gasteiger charge is 2.21. The van der Waals surface area contributed by atoms with Crippen molar-refractivity contribution in [1.29, 1.82) is 0 Å². The van der Waals surface area contributed by atoms with E-state index in [9.17, 15) is 0 Å². The van der Waals surface area contributed by atoms with Gasteiger partial charge in [0.2, 0.25) is 5.95 Å². The number of hydrogen-bond donors (Lipinski definition) is 3. The molecule has 20 heavy (non-hydrogen) atoms. The fraction of sp³-hybridized carbons (Fsp3) is 0.615. The van der Waals surface area contributed by atoms with E-state index in [2.05, 4.69) is 37.7 Å². The Balaban J connectivity index is 1.86. The van der Waals surface area contributed by atoms with Crippen LogP contribution in [0.25, 0.3) is 11.0 Å². The van der Waals surface area contributed by atoms with Gasteiger partial charge >= 0.3 is 0 Å². The van der Waals surface area contributed by atoms with Crippen molar-refractivity contribution in [1.82, 2.24) is 20.2 Å². The highest BCUT2D eigenvalue weighted by atomic mass is 16.5. The Hall–Kier alpha value is -1.89. The lowest BCUT2D eigenvalue weighted by Gasteiger charge is -2.28. The van der Waals surface area contributed by atoms with Crippen molar-refractivity contribution in [3.8, 4) is 0 Å². The number of aromatic amines is 1. The highest BCUT2D eigenvalue weighted by Crippen LogP contribution is 2.24. The zero-order chi connectivity index (χ0) is 13.9. The van der Waals surface area contributed by atoms with Crippen LogP contribution in [0.1, 0.15) is 26.7 Å². The lowest BCUT2D eigenvalue weighted by molar-refractivity contribution is 0.0232. The van der Waals surface area contributed by atoms with E-state index < -0.39 is 0 Å². The van der Waals surface area contributed by atoms with E-state index in [1.54, 1.807) is 6.20 Å². The number of rotatable bonds is 4. The van der Waals surface area contributed by atoms with Crippen LogP contribution in [0.3, 0.4) is 0 Å². The molecule has 3 heterocycles. The average Bonchev–Trinajstić information content (AvgIpc) is 2.87. The van der Waals surface area contributed by atoms with Crippen molar-refractivity contribution in [3.05, 3.63) is 6.20 Å². The lowest BCUT2D eigenvalue weighted by Crippen LogP contribution is -2.32. The van der Waals surface area contributed by atoms with E-state index in [4.69, 9.17) is 4.74 Å². The van der Waals surface area contributed by atoms with Gasteiger partial charge in [0.15, 0.2) is 5.65 Å². The predicted octanol–water partition coefficient (Wildman–Crippen LogP) is 1.76. The molecule has 0 saturated carbocycles. The maximum absolute atomic E-state index is 5.58. The van der Waals surface area contributed by atoms with Gasteiger partial charge in [-0.15, -0.1) is 0 Å². The van der Waals surface area contributed by atoms with Crippen molar-refractivity contribution in [2.75, 3.05) is 23.8 Å². The molecule has 0 aliphatic carbocycles. The van der Waals surface area contributed by atoms with Crippen molar-refractivity contribution < 1.29 is 4.74 Å². The molecule has 2 aromatic heterocycles. The summed E-state index contributed by atoms with van der Waals surface area (Å²) in [5.74, 6) is 1.45. The Labute approximate surface area is 117 Å². The second-order valence-electron chi connectivity index (χ2n) is 5.11. The molecule has 0 radical (unpaired) electrons. The molecule has 0 bridgehead atoms. The topological polar surface area (TPSA) is 87.8 Å². The summed E-state index contributed by atoms with van der Waals surface area (Å²) in [5.41, 5.74) is 0.749. The molecule has 7 nitrogen and oxygen atoms in total. The number of ether oxygens (including phenoxy) is 1. The Morgan fingerprint density at radius 1 is 1.45 bits per heavy atom. The minimum Gasteiger partial charge on any atom is -0.378 e. The average molecular weight is 276 g/mol. The van der Waals surface area contributed by atoms with E-state index in [0.29, 0.717) is 12.0 Å². The van der Waals surface area contributed by atoms with Gasteiger partial charge in [0.25, 0.3) is 0 Å². The first-order chi connectivity index (χ1) is 9.76. The van der Waals surface area contributed by atoms with Gasteiger partial charge < -0.3 is 15.4 Å². The molecular weight excluding hydrogens is 256 g/mol. The van der Waals surface area contributed by atoms with Crippen LogP contribution in [0, 0.1) is 0 Å². The zero-order valence-electron chi connectivity index (χ0n) is 11.8. The first-order valence-electron chi connectivity index (χ1n) is 7.09. The zero-order valence-corrected chi connectivity index (χ0v) is 11.8. The monoisotopic (exact) mass is 276 g/mol. The Kier molecular flexibility index (Phi) is 3.68. The molecule has 1 aliphatic heterocycles. The SMILES string of the molecule is CCNc1nc(NC2CCOC(C)C2)c2cn[nH]c2n1. The molecule has 1 saturated heterocycles. The first kappa shape index (κ1) is 13.1. The normalized spacial score (nSPS) is 22.9. The summed E-state index contributed by atoms with van der Waals surface area (Å²) in [6.45, 7) is 5.70. The minimum atomic E-state index is 0.288. The van der Waals surface area contributed by atoms with Gasteiger partial charge in [-0.2, -0.15) is 15.1 Å². The third-order valence-electron chi connectivity index (χ3n) is 3.47. The van der Waals surface area contributed by atoms with E-state index in [1.807, 2.05) is 6.92 Å². The van der Waals surface area contributed by atoms with Crippen LogP contribution in [0.15, 0.2) is 6.20 Å². The number of anilines is 2. The Morgan fingerprint density at radius 2 is 2.35 bits per heavy atom. The van der Waals surface area contributed by atoms with Crippen molar-refractivity contribution in [2.45, 2.75) is 38.8 Å². The molecular formula is C13H20N6O. The van der Waals surface area contributed by atoms with Crippen LogP contribution in [-0.2, 0) is 4.74 Å². The number of fused-ring (bicyclic) bond motifs is 1. The summed E-state index contributed by atoms with van der Waals surface area (Å²) in [7, 11) is 0. The molecule has 1 fully saturated rings. The molecule has 1 aliphatic rings. The molecule has 0 amide bonds. The summed E-state index contributed by atoms with van der Waals surface area (Å²) in [6, 6.07) is 0.376. The summed E-state index contributed by atoms with van der Waals surface area (Å²) < 4.78 is 5.58. The largest absolute Gasteiger partial charge is 0.378 e. The maximum atomic E-state index is 5.58. The van der Waals surface area contributed by atoms with Gasteiger partial charge in [-0.25, -0.2) is 0 Å². The molecule has 3 rings (SSSR count). The van der Waals surface area contributed by atoms with E-state index in [-0.39, 0.29) is 6.10 Å². The molecule has 3 N–H and O–H groups in total. The van der Waals surface area contributed by atoms with Gasteiger partial charge in [-0.1, -0.05) is 0 Å². The van der Waals surface area contributed by atoms with Crippen molar-refractivity contribution >= 4 is 22.8 Å². The van der Waals surface area contributed by atoms with Crippen LogP contribution in [0.4, 0.5) is 11.8 Å². The second-order valence-corrected chi connectivity index (χ2v) is 5.11. The third-order valence-corrected chi connectivity index (χ3v) is 3.47. The van der Waals surface area contributed by atoms with Gasteiger partial charge in [0, 0.05) is 19.2 Å². The second kappa shape index (κ2) is 5.62. The van der Waals surface area contributed by atoms with Crippen LogP contribution in [0.5, 0.6) is 0 Å². The summed E-state index contributed by atoms with van der Waals surface area (Å²) in [5, 5.41) is 14.5. The van der Waals surface area contributed by atoms with Crippen molar-refractivity contribution in [3.63, 3.8) is 0 Å².